The van der Waals surface area contributed by atoms with E-state index in [1.807, 2.05) is 20.8 Å². The molecule has 0 aliphatic carbocycles. The summed E-state index contributed by atoms with van der Waals surface area (Å²) in [4.78, 5) is 23.7. The van der Waals surface area contributed by atoms with Gasteiger partial charge in [-0.3, -0.25) is 0 Å². The van der Waals surface area contributed by atoms with Crippen LogP contribution in [0.25, 0.3) is 0 Å². The Morgan fingerprint density at radius 3 is 2.32 bits per heavy atom. The molecule has 0 radical (unpaired) electrons. The Kier molecular flexibility index (Phi) is 7.22. The van der Waals surface area contributed by atoms with Crippen LogP contribution in [0.15, 0.2) is 24.3 Å². The van der Waals surface area contributed by atoms with E-state index in [9.17, 15) is 9.59 Å². The molecule has 2 atom stereocenters. The van der Waals surface area contributed by atoms with Gasteiger partial charge < -0.3 is 20.1 Å². The molecule has 0 saturated heterocycles. The van der Waals surface area contributed by atoms with Crippen LogP contribution in [-0.4, -0.2) is 31.8 Å². The first-order valence-electron chi connectivity index (χ1n) is 7.40. The van der Waals surface area contributed by atoms with Gasteiger partial charge in [0, 0.05) is 5.69 Å². The number of anilines is 1. The molecule has 122 valence electrons. The molecule has 0 aliphatic rings. The molecule has 6 heteroatoms. The highest BCUT2D eigenvalue weighted by molar-refractivity contribution is 5.92. The number of rotatable bonds is 7. The van der Waals surface area contributed by atoms with E-state index in [0.29, 0.717) is 12.3 Å². The second-order valence-corrected chi connectivity index (χ2v) is 4.94. The number of nitrogens with one attached hydrogen (secondary N) is 2. The SMILES string of the molecule is CCOc1ccc(NC(=O)N[C@H](C(=O)OC)[C@H](C)CC)cc1. The Labute approximate surface area is 131 Å². The lowest BCUT2D eigenvalue weighted by atomic mass is 9.99. The molecule has 0 fully saturated rings. The summed E-state index contributed by atoms with van der Waals surface area (Å²) in [7, 11) is 1.31. The molecule has 1 rings (SSSR count). The highest BCUT2D eigenvalue weighted by Gasteiger charge is 2.26. The number of urea groups is 1. The molecule has 2 amide bonds. The second kappa shape index (κ2) is 8.92. The molecule has 0 aromatic heterocycles. The van der Waals surface area contributed by atoms with Crippen LogP contribution >= 0.6 is 0 Å². The number of amides is 2. The number of ether oxygens (including phenoxy) is 2. The van der Waals surface area contributed by atoms with Crippen molar-refractivity contribution in [1.82, 2.24) is 5.32 Å². The maximum atomic E-state index is 12.0. The number of carbonyl (C=O) groups is 2. The van der Waals surface area contributed by atoms with Gasteiger partial charge in [0.05, 0.1) is 13.7 Å². The fraction of sp³-hybridized carbons (Fsp3) is 0.500. The van der Waals surface area contributed by atoms with Crippen molar-refractivity contribution in [3.05, 3.63) is 24.3 Å². The molecule has 0 heterocycles. The molecule has 0 unspecified atom stereocenters. The van der Waals surface area contributed by atoms with Gasteiger partial charge in [-0.05, 0) is 37.1 Å². The van der Waals surface area contributed by atoms with Gasteiger partial charge in [0.25, 0.3) is 0 Å². The monoisotopic (exact) mass is 308 g/mol. The summed E-state index contributed by atoms with van der Waals surface area (Å²) in [6.45, 7) is 6.33. The molecule has 0 saturated carbocycles. The molecular weight excluding hydrogens is 284 g/mol. The maximum Gasteiger partial charge on any atom is 0.328 e. The summed E-state index contributed by atoms with van der Waals surface area (Å²) < 4.78 is 10.1. The predicted octanol–water partition coefficient (Wildman–Crippen LogP) is 2.79. The van der Waals surface area contributed by atoms with Crippen molar-refractivity contribution in [3.63, 3.8) is 0 Å². The quantitative estimate of drug-likeness (QED) is 0.759. The molecule has 0 aliphatic heterocycles. The largest absolute Gasteiger partial charge is 0.494 e. The minimum absolute atomic E-state index is 0.0152. The first kappa shape index (κ1) is 17.8. The van der Waals surface area contributed by atoms with Gasteiger partial charge in [-0.2, -0.15) is 0 Å². The lowest BCUT2D eigenvalue weighted by Crippen LogP contribution is -2.47. The number of benzene rings is 1. The average molecular weight is 308 g/mol. The molecule has 2 N–H and O–H groups in total. The predicted molar refractivity (Wildman–Crippen MR) is 85.0 cm³/mol. The third-order valence-electron chi connectivity index (χ3n) is 3.38. The Morgan fingerprint density at radius 1 is 1.18 bits per heavy atom. The van der Waals surface area contributed by atoms with Gasteiger partial charge in [0.1, 0.15) is 11.8 Å². The van der Waals surface area contributed by atoms with Crippen LogP contribution in [0.5, 0.6) is 5.75 Å². The standard InChI is InChI=1S/C16H24N2O4/c1-5-11(3)14(15(19)21-4)18-16(20)17-12-7-9-13(10-8-12)22-6-2/h7-11,14H,5-6H2,1-4H3,(H2,17,18,20)/t11-,14+/m1/s1. The molecule has 1 aromatic rings. The zero-order valence-corrected chi connectivity index (χ0v) is 13.5. The molecule has 6 nitrogen and oxygen atoms in total. The number of carbonyl (C=O) groups excluding carboxylic acids is 2. The van der Waals surface area contributed by atoms with Crippen LogP contribution in [0.3, 0.4) is 0 Å². The number of methoxy groups -OCH3 is 1. The molecular formula is C16H24N2O4. The first-order chi connectivity index (χ1) is 10.5. The van der Waals surface area contributed by atoms with Crippen molar-refractivity contribution < 1.29 is 19.1 Å². The lowest BCUT2D eigenvalue weighted by Gasteiger charge is -2.22. The summed E-state index contributed by atoms with van der Waals surface area (Å²) >= 11 is 0. The van der Waals surface area contributed by atoms with E-state index < -0.39 is 18.0 Å². The number of hydrogen-bond acceptors (Lipinski definition) is 4. The smallest absolute Gasteiger partial charge is 0.328 e. The third kappa shape index (κ3) is 5.27. The zero-order valence-electron chi connectivity index (χ0n) is 13.5. The van der Waals surface area contributed by atoms with E-state index in [4.69, 9.17) is 9.47 Å². The van der Waals surface area contributed by atoms with Crippen molar-refractivity contribution >= 4 is 17.7 Å². The summed E-state index contributed by atoms with van der Waals surface area (Å²) in [6.07, 6.45) is 0.753. The summed E-state index contributed by atoms with van der Waals surface area (Å²) in [6, 6.07) is 5.90. The second-order valence-electron chi connectivity index (χ2n) is 4.94. The van der Waals surface area contributed by atoms with Crippen molar-refractivity contribution in [2.75, 3.05) is 19.0 Å². The molecule has 1 aromatic carbocycles. The Bertz CT molecular complexity index is 487. The van der Waals surface area contributed by atoms with Crippen LogP contribution in [-0.2, 0) is 9.53 Å². The van der Waals surface area contributed by atoms with E-state index in [1.54, 1.807) is 24.3 Å². The van der Waals surface area contributed by atoms with Gasteiger partial charge in [-0.25, -0.2) is 9.59 Å². The summed E-state index contributed by atoms with van der Waals surface area (Å²) in [5.74, 6) is 0.273. The fourth-order valence-electron chi connectivity index (χ4n) is 1.91. The summed E-state index contributed by atoms with van der Waals surface area (Å²) in [5.41, 5.74) is 0.619. The van der Waals surface area contributed by atoms with Crippen molar-refractivity contribution in [2.45, 2.75) is 33.2 Å². The Balaban J connectivity index is 2.64. The summed E-state index contributed by atoms with van der Waals surface area (Å²) in [5, 5.41) is 5.34. The Morgan fingerprint density at radius 2 is 1.82 bits per heavy atom. The highest BCUT2D eigenvalue weighted by Crippen LogP contribution is 2.16. The van der Waals surface area contributed by atoms with Crippen molar-refractivity contribution in [1.29, 1.82) is 0 Å². The van der Waals surface area contributed by atoms with E-state index >= 15 is 0 Å². The Hall–Kier alpha value is -2.24. The molecule has 0 bridgehead atoms. The van der Waals surface area contributed by atoms with Crippen LogP contribution < -0.4 is 15.4 Å². The van der Waals surface area contributed by atoms with Crippen LogP contribution in [0.4, 0.5) is 10.5 Å². The minimum Gasteiger partial charge on any atom is -0.494 e. The lowest BCUT2D eigenvalue weighted by molar-refractivity contribution is -0.144. The highest BCUT2D eigenvalue weighted by atomic mass is 16.5. The van der Waals surface area contributed by atoms with Gasteiger partial charge in [-0.15, -0.1) is 0 Å². The third-order valence-corrected chi connectivity index (χ3v) is 3.38. The first-order valence-corrected chi connectivity index (χ1v) is 7.40. The van der Waals surface area contributed by atoms with Gasteiger partial charge in [0.2, 0.25) is 0 Å². The van der Waals surface area contributed by atoms with E-state index in [2.05, 4.69) is 10.6 Å². The number of hydrogen-bond donors (Lipinski definition) is 2. The van der Waals surface area contributed by atoms with Crippen LogP contribution in [0, 0.1) is 5.92 Å². The van der Waals surface area contributed by atoms with Crippen LogP contribution in [0.1, 0.15) is 27.2 Å². The molecule has 0 spiro atoms. The molecule has 22 heavy (non-hydrogen) atoms. The zero-order chi connectivity index (χ0) is 16.5. The van der Waals surface area contributed by atoms with E-state index in [-0.39, 0.29) is 5.92 Å². The van der Waals surface area contributed by atoms with Gasteiger partial charge in [-0.1, -0.05) is 20.3 Å². The van der Waals surface area contributed by atoms with E-state index in [0.717, 1.165) is 12.2 Å². The van der Waals surface area contributed by atoms with Crippen LogP contribution in [0.2, 0.25) is 0 Å². The fourth-order valence-corrected chi connectivity index (χ4v) is 1.91. The topological polar surface area (TPSA) is 76.7 Å². The normalized spacial score (nSPS) is 12.9. The number of esters is 1. The average Bonchev–Trinajstić information content (AvgIpc) is 2.53. The van der Waals surface area contributed by atoms with Gasteiger partial charge >= 0.3 is 12.0 Å². The maximum absolute atomic E-state index is 12.0. The van der Waals surface area contributed by atoms with Crippen molar-refractivity contribution in [3.8, 4) is 5.75 Å². The van der Waals surface area contributed by atoms with Gasteiger partial charge in [0.15, 0.2) is 0 Å². The van der Waals surface area contributed by atoms with E-state index in [1.165, 1.54) is 7.11 Å². The minimum atomic E-state index is -0.669. The van der Waals surface area contributed by atoms with Crippen molar-refractivity contribution in [2.24, 2.45) is 5.92 Å².